The van der Waals surface area contributed by atoms with Gasteiger partial charge in [0.05, 0.1) is 16.5 Å². The molecule has 0 unspecified atom stereocenters. The van der Waals surface area contributed by atoms with Gasteiger partial charge in [-0.15, -0.1) is 0 Å². The van der Waals surface area contributed by atoms with Crippen LogP contribution in [0.4, 0.5) is 28.4 Å². The van der Waals surface area contributed by atoms with Crippen LogP contribution >= 0.6 is 0 Å². The molecule has 0 saturated carbocycles. The number of fused-ring (bicyclic) bond motifs is 17. The van der Waals surface area contributed by atoms with Gasteiger partial charge in [0.25, 0.3) is 0 Å². The predicted octanol–water partition coefficient (Wildman–Crippen LogP) is 14.2. The minimum Gasteiger partial charge on any atom is -0.456 e. The molecule has 1 aliphatic carbocycles. The van der Waals surface area contributed by atoms with Crippen molar-refractivity contribution in [2.24, 2.45) is 0 Å². The van der Waals surface area contributed by atoms with E-state index in [1.165, 1.54) is 100 Å². The van der Waals surface area contributed by atoms with E-state index in [0.717, 1.165) is 27.6 Å². The van der Waals surface area contributed by atoms with E-state index in [-0.39, 0.29) is 12.3 Å². The van der Waals surface area contributed by atoms with Gasteiger partial charge in [0, 0.05) is 33.7 Å². The first-order valence-electron chi connectivity index (χ1n) is 22.6. The highest BCUT2D eigenvalue weighted by atomic mass is 16.3. The highest BCUT2D eigenvalue weighted by molar-refractivity contribution is 6.94. The molecule has 3 aliphatic heterocycles. The number of benzene rings is 9. The number of hydrogen-bond donors (Lipinski definition) is 0. The molecule has 0 N–H and O–H groups in total. The lowest BCUT2D eigenvalue weighted by Gasteiger charge is -2.51. The van der Waals surface area contributed by atoms with Gasteiger partial charge in [0.15, 0.2) is 0 Å². The molecule has 14 rings (SSSR count). The van der Waals surface area contributed by atoms with Crippen molar-refractivity contribution in [3.63, 3.8) is 0 Å². The fourth-order valence-electron chi connectivity index (χ4n) is 12.3. The van der Waals surface area contributed by atoms with E-state index < -0.39 is 5.41 Å². The largest absolute Gasteiger partial charge is 0.456 e. The van der Waals surface area contributed by atoms with Crippen molar-refractivity contribution >= 4 is 68.1 Å². The fraction of sp³-hybridized carbons (Fsp3) is 0.100. The average molecular weight is 819 g/mol. The number of para-hydroxylation sites is 3. The van der Waals surface area contributed by atoms with E-state index in [4.69, 9.17) is 4.42 Å². The van der Waals surface area contributed by atoms with Crippen LogP contribution in [-0.4, -0.2) is 6.85 Å². The lowest BCUT2D eigenvalue weighted by atomic mass is 9.42. The summed E-state index contributed by atoms with van der Waals surface area (Å²) >= 11 is 0. The lowest BCUT2D eigenvalue weighted by Crippen LogP contribution is -2.62. The molecule has 0 amide bonds. The van der Waals surface area contributed by atoms with Crippen LogP contribution in [0, 0.1) is 6.92 Å². The maximum absolute atomic E-state index is 6.74. The van der Waals surface area contributed by atoms with Crippen molar-refractivity contribution in [3.8, 4) is 33.4 Å². The molecule has 1 spiro atoms. The van der Waals surface area contributed by atoms with Crippen molar-refractivity contribution in [2.75, 3.05) is 9.71 Å². The van der Waals surface area contributed by atoms with Gasteiger partial charge in [-0.3, -0.25) is 0 Å². The molecule has 302 valence electrons. The third-order valence-corrected chi connectivity index (χ3v) is 14.9. The Bertz CT molecular complexity index is 3600. The number of nitrogens with zero attached hydrogens (tertiary/aromatic N) is 2. The summed E-state index contributed by atoms with van der Waals surface area (Å²) in [6, 6.07) is 71.0. The Kier molecular flexibility index (Phi) is 7.05. The van der Waals surface area contributed by atoms with Crippen LogP contribution in [0.5, 0.6) is 0 Å². The van der Waals surface area contributed by atoms with Gasteiger partial charge in [-0.2, -0.15) is 0 Å². The Morgan fingerprint density at radius 3 is 1.91 bits per heavy atom. The van der Waals surface area contributed by atoms with Crippen LogP contribution < -0.4 is 20.6 Å². The van der Waals surface area contributed by atoms with Gasteiger partial charge in [0.2, 0.25) is 0 Å². The van der Waals surface area contributed by atoms with Gasteiger partial charge >= 0.3 is 6.85 Å². The Morgan fingerprint density at radius 1 is 0.500 bits per heavy atom. The molecular weight excluding hydrogens is 775 g/mol. The van der Waals surface area contributed by atoms with Crippen LogP contribution in [-0.2, 0) is 10.8 Å². The Labute approximate surface area is 374 Å². The molecule has 64 heavy (non-hydrogen) atoms. The monoisotopic (exact) mass is 818 g/mol. The van der Waals surface area contributed by atoms with Gasteiger partial charge in [-0.25, -0.2) is 0 Å². The van der Waals surface area contributed by atoms with Crippen LogP contribution in [0.2, 0.25) is 0 Å². The third-order valence-electron chi connectivity index (χ3n) is 14.9. The van der Waals surface area contributed by atoms with Crippen LogP contribution in [0.3, 0.4) is 0 Å². The third kappa shape index (κ3) is 4.47. The van der Waals surface area contributed by atoms with Gasteiger partial charge < -0.3 is 14.1 Å². The zero-order chi connectivity index (χ0) is 42.6. The van der Waals surface area contributed by atoms with Crippen LogP contribution in [0.15, 0.2) is 192 Å². The summed E-state index contributed by atoms with van der Waals surface area (Å²) in [7, 11) is 0. The Hall–Kier alpha value is -7.56. The lowest BCUT2D eigenvalue weighted by molar-refractivity contribution is 0.590. The van der Waals surface area contributed by atoms with Crippen molar-refractivity contribution in [3.05, 3.63) is 221 Å². The first-order valence-corrected chi connectivity index (χ1v) is 22.6. The molecule has 0 atom stereocenters. The number of hydrogen-bond acceptors (Lipinski definition) is 3. The quantitative estimate of drug-likeness (QED) is 0.162. The molecular formula is C60H43BN2O. The topological polar surface area (TPSA) is 19.6 Å². The maximum Gasteiger partial charge on any atom is 0.333 e. The van der Waals surface area contributed by atoms with E-state index in [2.05, 4.69) is 225 Å². The van der Waals surface area contributed by atoms with E-state index in [1.54, 1.807) is 0 Å². The van der Waals surface area contributed by atoms with E-state index in [9.17, 15) is 0 Å². The molecule has 10 aromatic rings. The Balaban J connectivity index is 1.17. The fourth-order valence-corrected chi connectivity index (χ4v) is 12.3. The molecule has 3 nitrogen and oxygen atoms in total. The van der Waals surface area contributed by atoms with Gasteiger partial charge in [-0.1, -0.05) is 160 Å². The second kappa shape index (κ2) is 12.5. The second-order valence-electron chi connectivity index (χ2n) is 19.2. The average Bonchev–Trinajstić information content (AvgIpc) is 3.85. The summed E-state index contributed by atoms with van der Waals surface area (Å²) < 4.78 is 6.74. The summed E-state index contributed by atoms with van der Waals surface area (Å²) in [6.07, 6.45) is 0. The molecule has 0 bridgehead atoms. The second-order valence-corrected chi connectivity index (χ2v) is 19.2. The maximum atomic E-state index is 6.74. The highest BCUT2D eigenvalue weighted by Crippen LogP contribution is 2.64. The van der Waals surface area contributed by atoms with Crippen LogP contribution in [0.1, 0.15) is 54.2 Å². The molecule has 4 heteroatoms. The van der Waals surface area contributed by atoms with Gasteiger partial charge in [0.1, 0.15) is 11.2 Å². The molecule has 0 saturated heterocycles. The SMILES string of the molecule is Cc1ccccc1-c1cc2c3c(c1)N1c4ccccc4C4(c5ccccc5-c5ccccc54)c4cccc(c41)B3N(c1ccc(C(C)(C)C)cc1)c1c-2ccc2oc3ccccc3c12. The summed E-state index contributed by atoms with van der Waals surface area (Å²) in [5.74, 6) is 0. The predicted molar refractivity (Wildman–Crippen MR) is 267 cm³/mol. The highest BCUT2D eigenvalue weighted by Gasteiger charge is 2.56. The van der Waals surface area contributed by atoms with Crippen molar-refractivity contribution in [1.82, 2.24) is 0 Å². The van der Waals surface area contributed by atoms with Crippen molar-refractivity contribution in [2.45, 2.75) is 38.5 Å². The standard InChI is InChI=1S/C60H43BN2O/c1-36-16-5-6-17-40(36)37-34-45-43-32-33-54-55(44-20-9-14-27-53(44)64-54)57(43)63(39-30-28-38(29-31-39)59(2,3)4)61-50-25-15-24-49-58(50)62(52(35-37)56(45)61)51-26-13-12-23-48(51)60(49)46-21-10-7-18-41(46)42-19-8-11-22-47(42)60/h5-35H,1-4H3. The number of anilines is 5. The Morgan fingerprint density at radius 2 is 1.16 bits per heavy atom. The van der Waals surface area contributed by atoms with Gasteiger partial charge in [-0.05, 0) is 133 Å². The molecule has 4 aliphatic rings. The van der Waals surface area contributed by atoms with E-state index >= 15 is 0 Å². The number of rotatable bonds is 2. The molecule has 1 aromatic heterocycles. The minimum atomic E-state index is -0.528. The minimum absolute atomic E-state index is 0.0114. The zero-order valence-electron chi connectivity index (χ0n) is 36.3. The number of furan rings is 1. The van der Waals surface area contributed by atoms with E-state index in [0.29, 0.717) is 0 Å². The summed E-state index contributed by atoms with van der Waals surface area (Å²) in [6.45, 7) is 8.97. The van der Waals surface area contributed by atoms with Crippen molar-refractivity contribution < 1.29 is 4.42 Å². The smallest absolute Gasteiger partial charge is 0.333 e. The normalized spacial score (nSPS) is 14.6. The van der Waals surface area contributed by atoms with Crippen molar-refractivity contribution in [1.29, 1.82) is 0 Å². The molecule has 0 fully saturated rings. The molecule has 4 heterocycles. The zero-order valence-corrected chi connectivity index (χ0v) is 36.3. The summed E-state index contributed by atoms with van der Waals surface area (Å²) in [5, 5.41) is 2.28. The summed E-state index contributed by atoms with van der Waals surface area (Å²) in [4.78, 5) is 5.31. The van der Waals surface area contributed by atoms with E-state index in [1.807, 2.05) is 0 Å². The first-order chi connectivity index (χ1) is 31.3. The summed E-state index contributed by atoms with van der Waals surface area (Å²) in [5.41, 5.74) is 25.4. The molecule has 9 aromatic carbocycles. The molecule has 0 radical (unpaired) electrons. The number of aryl methyl sites for hydroxylation is 1. The first kappa shape index (κ1) is 36.0. The van der Waals surface area contributed by atoms with Crippen LogP contribution in [0.25, 0.3) is 55.3 Å².